The standard InChI is InChI=1S/C32H24O3/c1-32(33-29-17-14-23-8-2-5-11-26(23)20-29,34-30-18-15-24-9-3-6-12-27(24)21-30)35-31-19-16-25-10-4-7-13-28(25)22-31/h2-22H,1H3. The van der Waals surface area contributed by atoms with Crippen LogP contribution in [0, 0.1) is 0 Å². The van der Waals surface area contributed by atoms with E-state index >= 15 is 0 Å². The van der Waals surface area contributed by atoms with Crippen LogP contribution >= 0.6 is 0 Å². The second-order valence-electron chi connectivity index (χ2n) is 8.70. The molecule has 0 aliphatic heterocycles. The molecule has 3 heteroatoms. The minimum absolute atomic E-state index is 0.660. The fourth-order valence-electron chi connectivity index (χ4n) is 4.40. The van der Waals surface area contributed by atoms with Gasteiger partial charge in [-0.05, 0) is 68.7 Å². The summed E-state index contributed by atoms with van der Waals surface area (Å²) in [5.41, 5.74) is 0. The molecule has 0 aromatic heterocycles. The molecular formula is C32H24O3. The molecule has 0 bridgehead atoms. The Labute approximate surface area is 204 Å². The van der Waals surface area contributed by atoms with E-state index in [1.165, 1.54) is 0 Å². The third kappa shape index (κ3) is 4.49. The van der Waals surface area contributed by atoms with Crippen molar-refractivity contribution in [2.75, 3.05) is 0 Å². The summed E-state index contributed by atoms with van der Waals surface area (Å²) in [6.45, 7) is 1.80. The molecule has 0 N–H and O–H groups in total. The molecule has 6 aromatic rings. The largest absolute Gasteiger partial charge is 0.421 e. The van der Waals surface area contributed by atoms with Gasteiger partial charge in [0, 0.05) is 0 Å². The van der Waals surface area contributed by atoms with Gasteiger partial charge in [-0.2, -0.15) is 0 Å². The van der Waals surface area contributed by atoms with Gasteiger partial charge in [0.15, 0.2) is 0 Å². The van der Waals surface area contributed by atoms with E-state index in [1.807, 2.05) is 91.0 Å². The summed E-state index contributed by atoms with van der Waals surface area (Å²) in [6, 6.07) is 42.5. The zero-order chi connectivity index (χ0) is 23.7. The third-order valence-electron chi connectivity index (χ3n) is 6.07. The SMILES string of the molecule is CC(Oc1ccc2ccccc2c1)(Oc1ccc2ccccc2c1)Oc1ccc2ccccc2c1. The summed E-state index contributed by atoms with van der Waals surface area (Å²) in [4.78, 5) is 0. The van der Waals surface area contributed by atoms with Crippen LogP contribution in [0.1, 0.15) is 6.92 Å². The van der Waals surface area contributed by atoms with Crippen molar-refractivity contribution in [3.05, 3.63) is 127 Å². The van der Waals surface area contributed by atoms with Gasteiger partial charge < -0.3 is 14.2 Å². The predicted octanol–water partition coefficient (Wildman–Crippen LogP) is 8.36. The first kappa shape index (κ1) is 21.1. The van der Waals surface area contributed by atoms with Crippen molar-refractivity contribution in [2.24, 2.45) is 0 Å². The van der Waals surface area contributed by atoms with Gasteiger partial charge in [-0.3, -0.25) is 0 Å². The normalized spacial score (nSPS) is 11.6. The topological polar surface area (TPSA) is 27.7 Å². The molecule has 0 aliphatic rings. The van der Waals surface area contributed by atoms with Crippen LogP contribution in [0.5, 0.6) is 17.2 Å². The van der Waals surface area contributed by atoms with E-state index in [1.54, 1.807) is 6.92 Å². The average molecular weight is 457 g/mol. The van der Waals surface area contributed by atoms with E-state index in [9.17, 15) is 0 Å². The lowest BCUT2D eigenvalue weighted by molar-refractivity contribution is -0.238. The smallest absolute Gasteiger partial charge is 0.414 e. The molecule has 0 fully saturated rings. The molecule has 0 saturated carbocycles. The monoisotopic (exact) mass is 456 g/mol. The third-order valence-corrected chi connectivity index (χ3v) is 6.07. The molecule has 170 valence electrons. The molecule has 0 spiro atoms. The van der Waals surface area contributed by atoms with Crippen molar-refractivity contribution in [1.29, 1.82) is 0 Å². The Kier molecular flexibility index (Phi) is 5.23. The van der Waals surface area contributed by atoms with E-state index in [0.717, 1.165) is 32.3 Å². The zero-order valence-electron chi connectivity index (χ0n) is 19.3. The molecule has 6 aromatic carbocycles. The Hall–Kier alpha value is -4.50. The molecule has 0 heterocycles. The highest BCUT2D eigenvalue weighted by atomic mass is 16.9. The summed E-state index contributed by atoms with van der Waals surface area (Å²) in [6.07, 6.45) is 0. The summed E-state index contributed by atoms with van der Waals surface area (Å²) >= 11 is 0. The van der Waals surface area contributed by atoms with Gasteiger partial charge >= 0.3 is 5.97 Å². The van der Waals surface area contributed by atoms with Crippen LogP contribution < -0.4 is 14.2 Å². The number of hydrogen-bond acceptors (Lipinski definition) is 3. The van der Waals surface area contributed by atoms with Gasteiger partial charge in [-0.1, -0.05) is 91.0 Å². The minimum Gasteiger partial charge on any atom is -0.421 e. The van der Waals surface area contributed by atoms with Crippen molar-refractivity contribution in [3.63, 3.8) is 0 Å². The van der Waals surface area contributed by atoms with E-state index in [-0.39, 0.29) is 0 Å². The van der Waals surface area contributed by atoms with Crippen LogP contribution in [-0.4, -0.2) is 5.97 Å². The average Bonchev–Trinajstić information content (AvgIpc) is 2.88. The Bertz CT molecular complexity index is 1460. The predicted molar refractivity (Wildman–Crippen MR) is 142 cm³/mol. The fourth-order valence-corrected chi connectivity index (χ4v) is 4.40. The Morgan fingerprint density at radius 1 is 0.371 bits per heavy atom. The second-order valence-corrected chi connectivity index (χ2v) is 8.70. The van der Waals surface area contributed by atoms with Gasteiger partial charge in [0.05, 0.1) is 6.92 Å². The molecule has 0 radical (unpaired) electrons. The Balaban J connectivity index is 1.37. The van der Waals surface area contributed by atoms with E-state index in [2.05, 4.69) is 36.4 Å². The van der Waals surface area contributed by atoms with Crippen LogP contribution in [0.2, 0.25) is 0 Å². The summed E-state index contributed by atoms with van der Waals surface area (Å²) < 4.78 is 19.2. The Morgan fingerprint density at radius 3 is 0.971 bits per heavy atom. The quantitative estimate of drug-likeness (QED) is 0.236. The van der Waals surface area contributed by atoms with Crippen molar-refractivity contribution >= 4 is 32.3 Å². The van der Waals surface area contributed by atoms with Crippen molar-refractivity contribution in [3.8, 4) is 17.2 Å². The molecule has 0 saturated heterocycles. The lowest BCUT2D eigenvalue weighted by atomic mass is 10.1. The number of rotatable bonds is 6. The first-order valence-electron chi connectivity index (χ1n) is 11.7. The lowest BCUT2D eigenvalue weighted by Crippen LogP contribution is -2.45. The molecule has 3 nitrogen and oxygen atoms in total. The molecule has 0 aliphatic carbocycles. The van der Waals surface area contributed by atoms with Crippen molar-refractivity contribution in [1.82, 2.24) is 0 Å². The van der Waals surface area contributed by atoms with Crippen LogP contribution in [0.4, 0.5) is 0 Å². The molecule has 0 amide bonds. The molecular weight excluding hydrogens is 432 g/mol. The van der Waals surface area contributed by atoms with Crippen molar-refractivity contribution in [2.45, 2.75) is 12.9 Å². The molecule has 0 atom stereocenters. The summed E-state index contributed by atoms with van der Waals surface area (Å²) in [7, 11) is 0. The van der Waals surface area contributed by atoms with E-state index in [0.29, 0.717) is 17.2 Å². The lowest BCUT2D eigenvalue weighted by Gasteiger charge is -2.31. The summed E-state index contributed by atoms with van der Waals surface area (Å²) in [5.74, 6) is 0.571. The maximum Gasteiger partial charge on any atom is 0.414 e. The maximum atomic E-state index is 6.40. The number of ether oxygens (including phenoxy) is 3. The highest BCUT2D eigenvalue weighted by molar-refractivity contribution is 5.85. The van der Waals surface area contributed by atoms with Crippen LogP contribution in [0.15, 0.2) is 127 Å². The number of hydrogen-bond donors (Lipinski definition) is 0. The van der Waals surface area contributed by atoms with Gasteiger partial charge in [0.2, 0.25) is 0 Å². The zero-order valence-corrected chi connectivity index (χ0v) is 19.3. The van der Waals surface area contributed by atoms with Crippen LogP contribution in [0.25, 0.3) is 32.3 Å². The highest BCUT2D eigenvalue weighted by Crippen LogP contribution is 2.31. The van der Waals surface area contributed by atoms with Crippen molar-refractivity contribution < 1.29 is 14.2 Å². The first-order chi connectivity index (χ1) is 17.1. The molecule has 0 unspecified atom stereocenters. The van der Waals surface area contributed by atoms with Gasteiger partial charge in [-0.25, -0.2) is 0 Å². The maximum absolute atomic E-state index is 6.40. The fraction of sp³-hybridized carbons (Fsp3) is 0.0625. The first-order valence-corrected chi connectivity index (χ1v) is 11.7. The molecule has 35 heavy (non-hydrogen) atoms. The molecule has 6 rings (SSSR count). The second kappa shape index (κ2) is 8.69. The van der Waals surface area contributed by atoms with Gasteiger partial charge in [0.25, 0.3) is 0 Å². The Morgan fingerprint density at radius 2 is 0.657 bits per heavy atom. The van der Waals surface area contributed by atoms with E-state index in [4.69, 9.17) is 14.2 Å². The summed E-state index contributed by atoms with van der Waals surface area (Å²) in [5, 5.41) is 6.70. The van der Waals surface area contributed by atoms with E-state index < -0.39 is 5.97 Å². The van der Waals surface area contributed by atoms with Crippen LogP contribution in [0.3, 0.4) is 0 Å². The minimum atomic E-state index is -1.41. The number of benzene rings is 6. The van der Waals surface area contributed by atoms with Gasteiger partial charge in [0.1, 0.15) is 17.2 Å². The highest BCUT2D eigenvalue weighted by Gasteiger charge is 2.32. The number of fused-ring (bicyclic) bond motifs is 3. The van der Waals surface area contributed by atoms with Gasteiger partial charge in [-0.15, -0.1) is 0 Å². The van der Waals surface area contributed by atoms with Crippen LogP contribution in [-0.2, 0) is 0 Å².